The van der Waals surface area contributed by atoms with Crippen LogP contribution in [0.3, 0.4) is 0 Å². The van der Waals surface area contributed by atoms with Crippen molar-refractivity contribution in [3.8, 4) is 0 Å². The number of primary amides is 1. The summed E-state index contributed by atoms with van der Waals surface area (Å²) in [6.07, 6.45) is 3.65. The fourth-order valence-electron chi connectivity index (χ4n) is 4.83. The predicted octanol–water partition coefficient (Wildman–Crippen LogP) is 1.56. The summed E-state index contributed by atoms with van der Waals surface area (Å²) in [7, 11) is 0. The van der Waals surface area contributed by atoms with Crippen molar-refractivity contribution in [1.29, 1.82) is 0 Å². The van der Waals surface area contributed by atoms with E-state index in [0.29, 0.717) is 31.8 Å². The fourth-order valence-corrected chi connectivity index (χ4v) is 4.83. The van der Waals surface area contributed by atoms with Gasteiger partial charge in [-0.25, -0.2) is 4.79 Å². The van der Waals surface area contributed by atoms with E-state index in [2.05, 4.69) is 9.80 Å². The third-order valence-corrected chi connectivity index (χ3v) is 6.50. The first kappa shape index (κ1) is 18.4. The Labute approximate surface area is 160 Å². The Bertz CT molecular complexity index is 665. The van der Waals surface area contributed by atoms with Gasteiger partial charge in [-0.1, -0.05) is 30.3 Å². The molecule has 0 aromatic heterocycles. The van der Waals surface area contributed by atoms with E-state index in [1.807, 2.05) is 30.3 Å². The van der Waals surface area contributed by atoms with Gasteiger partial charge in [-0.2, -0.15) is 0 Å². The summed E-state index contributed by atoms with van der Waals surface area (Å²) in [6.45, 7) is 4.48. The highest BCUT2D eigenvalue weighted by molar-refractivity contribution is 5.78. The van der Waals surface area contributed by atoms with Crippen molar-refractivity contribution in [3.05, 3.63) is 35.9 Å². The molecule has 4 aliphatic rings. The molecule has 1 aromatic rings. The molecule has 4 heterocycles. The maximum absolute atomic E-state index is 13.2. The van der Waals surface area contributed by atoms with Gasteiger partial charge in [0.1, 0.15) is 12.1 Å². The number of ether oxygens (including phenoxy) is 1. The van der Waals surface area contributed by atoms with Gasteiger partial charge < -0.3 is 10.5 Å². The summed E-state index contributed by atoms with van der Waals surface area (Å²) in [5, 5.41) is 0. The monoisotopic (exact) mass is 371 g/mol. The van der Waals surface area contributed by atoms with Gasteiger partial charge in [0.25, 0.3) is 0 Å². The molecule has 4 fully saturated rings. The molecule has 1 amide bonds. The lowest BCUT2D eigenvalue weighted by Crippen LogP contribution is -2.53. The van der Waals surface area contributed by atoms with Crippen molar-refractivity contribution in [2.75, 3.05) is 32.7 Å². The van der Waals surface area contributed by atoms with E-state index in [-0.39, 0.29) is 23.9 Å². The van der Waals surface area contributed by atoms with Crippen LogP contribution in [0, 0.1) is 11.8 Å². The van der Waals surface area contributed by atoms with Crippen LogP contribution in [0.5, 0.6) is 0 Å². The molecule has 2 atom stereocenters. The molecule has 0 saturated carbocycles. The number of nitrogens with zero attached hydrogens (tertiary/aromatic N) is 2. The van der Waals surface area contributed by atoms with E-state index in [1.165, 1.54) is 0 Å². The SMILES string of the molecule is NC(=O)C1CCN(C(C(=O)O[C@H]2CN3CCC2CC3)c2ccccc2)CC1. The zero-order chi connectivity index (χ0) is 18.8. The number of amides is 1. The zero-order valence-corrected chi connectivity index (χ0v) is 15.8. The third kappa shape index (κ3) is 4.01. The van der Waals surface area contributed by atoms with E-state index in [9.17, 15) is 9.59 Å². The highest BCUT2D eigenvalue weighted by Crippen LogP contribution is 2.33. The number of rotatable bonds is 5. The number of carbonyl (C=O) groups excluding carboxylic acids is 2. The second kappa shape index (κ2) is 7.98. The number of esters is 1. The van der Waals surface area contributed by atoms with Crippen LogP contribution >= 0.6 is 0 Å². The number of likely N-dealkylation sites (tertiary alicyclic amines) is 1. The van der Waals surface area contributed by atoms with Crippen molar-refractivity contribution in [2.24, 2.45) is 17.6 Å². The average molecular weight is 371 g/mol. The molecular weight excluding hydrogens is 342 g/mol. The van der Waals surface area contributed by atoms with E-state index in [4.69, 9.17) is 10.5 Å². The molecule has 5 rings (SSSR count). The quantitative estimate of drug-likeness (QED) is 0.795. The van der Waals surface area contributed by atoms with Crippen LogP contribution in [-0.2, 0) is 14.3 Å². The minimum Gasteiger partial charge on any atom is -0.459 e. The molecule has 0 aliphatic carbocycles. The minimum atomic E-state index is -0.407. The Morgan fingerprint density at radius 1 is 1.00 bits per heavy atom. The number of hydrogen-bond acceptors (Lipinski definition) is 5. The molecule has 2 N–H and O–H groups in total. The number of benzene rings is 1. The molecular formula is C21H29N3O3. The third-order valence-electron chi connectivity index (χ3n) is 6.50. The normalized spacial score (nSPS) is 30.0. The average Bonchev–Trinajstić information content (AvgIpc) is 2.70. The summed E-state index contributed by atoms with van der Waals surface area (Å²) in [6, 6.07) is 9.44. The first-order valence-electron chi connectivity index (χ1n) is 10.1. The predicted molar refractivity (Wildman–Crippen MR) is 102 cm³/mol. The number of nitrogens with two attached hydrogens (primary N) is 1. The smallest absolute Gasteiger partial charge is 0.328 e. The van der Waals surface area contributed by atoms with E-state index >= 15 is 0 Å². The summed E-state index contributed by atoms with van der Waals surface area (Å²) in [4.78, 5) is 29.3. The maximum atomic E-state index is 13.2. The molecule has 4 aliphatic heterocycles. The Hall–Kier alpha value is -1.92. The first-order chi connectivity index (χ1) is 13.1. The van der Waals surface area contributed by atoms with Gasteiger partial charge in [-0.3, -0.25) is 14.6 Å². The van der Waals surface area contributed by atoms with Gasteiger partial charge in [-0.05, 0) is 50.3 Å². The van der Waals surface area contributed by atoms with Crippen molar-refractivity contribution < 1.29 is 14.3 Å². The van der Waals surface area contributed by atoms with Gasteiger partial charge in [0.15, 0.2) is 0 Å². The van der Waals surface area contributed by atoms with Crippen LogP contribution in [-0.4, -0.2) is 60.5 Å². The van der Waals surface area contributed by atoms with E-state index in [1.54, 1.807) is 0 Å². The number of fused-ring (bicyclic) bond motifs is 3. The van der Waals surface area contributed by atoms with Crippen molar-refractivity contribution in [3.63, 3.8) is 0 Å². The Morgan fingerprint density at radius 3 is 2.22 bits per heavy atom. The van der Waals surface area contributed by atoms with Crippen LogP contribution in [0.4, 0.5) is 0 Å². The molecule has 0 spiro atoms. The standard InChI is InChI=1S/C21H29N3O3/c22-20(25)17-8-12-24(13-9-17)19(16-4-2-1-3-5-16)21(26)27-18-14-23-10-6-15(18)7-11-23/h1-5,15,17-19H,6-14H2,(H2,22,25)/t18-,19?/m0/s1. The highest BCUT2D eigenvalue weighted by atomic mass is 16.5. The molecule has 1 unspecified atom stereocenters. The van der Waals surface area contributed by atoms with Gasteiger partial charge in [0, 0.05) is 25.6 Å². The summed E-state index contributed by atoms with van der Waals surface area (Å²) < 4.78 is 6.06. The number of hydrogen-bond donors (Lipinski definition) is 1. The van der Waals surface area contributed by atoms with E-state index < -0.39 is 6.04 Å². The Kier molecular flexibility index (Phi) is 5.45. The lowest BCUT2D eigenvalue weighted by atomic mass is 9.86. The van der Waals surface area contributed by atoms with Crippen LogP contribution in [0.1, 0.15) is 37.3 Å². The Morgan fingerprint density at radius 2 is 1.67 bits per heavy atom. The van der Waals surface area contributed by atoms with Gasteiger partial charge in [0.2, 0.25) is 5.91 Å². The Balaban J connectivity index is 1.48. The summed E-state index contributed by atoms with van der Waals surface area (Å²) >= 11 is 0. The summed E-state index contributed by atoms with van der Waals surface area (Å²) in [5.74, 6) is 0.0183. The number of piperidine rings is 4. The van der Waals surface area contributed by atoms with Crippen LogP contribution < -0.4 is 5.73 Å². The molecule has 146 valence electrons. The van der Waals surface area contributed by atoms with Crippen molar-refractivity contribution >= 4 is 11.9 Å². The van der Waals surface area contributed by atoms with Crippen molar-refractivity contribution in [1.82, 2.24) is 9.80 Å². The molecule has 0 radical (unpaired) electrons. The van der Waals surface area contributed by atoms with Crippen LogP contribution in [0.2, 0.25) is 0 Å². The molecule has 1 aromatic carbocycles. The van der Waals surface area contributed by atoms with Crippen LogP contribution in [0.15, 0.2) is 30.3 Å². The molecule has 6 nitrogen and oxygen atoms in total. The van der Waals surface area contributed by atoms with Gasteiger partial charge in [0.05, 0.1) is 0 Å². The largest absolute Gasteiger partial charge is 0.459 e. The van der Waals surface area contributed by atoms with Gasteiger partial charge >= 0.3 is 5.97 Å². The van der Waals surface area contributed by atoms with Gasteiger partial charge in [-0.15, -0.1) is 0 Å². The first-order valence-corrected chi connectivity index (χ1v) is 10.1. The molecule has 6 heteroatoms. The fraction of sp³-hybridized carbons (Fsp3) is 0.619. The van der Waals surface area contributed by atoms with Crippen molar-refractivity contribution in [2.45, 2.75) is 37.8 Å². The topological polar surface area (TPSA) is 75.9 Å². The maximum Gasteiger partial charge on any atom is 0.328 e. The molecule has 27 heavy (non-hydrogen) atoms. The highest BCUT2D eigenvalue weighted by Gasteiger charge is 2.39. The summed E-state index contributed by atoms with van der Waals surface area (Å²) in [5.41, 5.74) is 6.42. The second-order valence-electron chi connectivity index (χ2n) is 8.14. The lowest BCUT2D eigenvalue weighted by Gasteiger charge is -2.44. The lowest BCUT2D eigenvalue weighted by molar-refractivity contribution is -0.166. The van der Waals surface area contributed by atoms with Crippen LogP contribution in [0.25, 0.3) is 0 Å². The zero-order valence-electron chi connectivity index (χ0n) is 15.8. The minimum absolute atomic E-state index is 0.00868. The van der Waals surface area contributed by atoms with E-state index in [0.717, 1.165) is 38.0 Å². The molecule has 2 bridgehead atoms. The molecule has 4 saturated heterocycles. The number of carbonyl (C=O) groups is 2. The second-order valence-corrected chi connectivity index (χ2v) is 8.14.